The summed E-state index contributed by atoms with van der Waals surface area (Å²) >= 11 is 0. The van der Waals surface area contributed by atoms with Gasteiger partial charge in [0.25, 0.3) is 5.91 Å². The summed E-state index contributed by atoms with van der Waals surface area (Å²) in [5.41, 5.74) is 2.27. The lowest BCUT2D eigenvalue weighted by Crippen LogP contribution is -2.51. The molecule has 0 saturated carbocycles. The first kappa shape index (κ1) is 21.6. The quantitative estimate of drug-likeness (QED) is 0.593. The third-order valence-corrected chi connectivity index (χ3v) is 5.85. The summed E-state index contributed by atoms with van der Waals surface area (Å²) in [6, 6.07) is 20.2. The number of nitrogens with zero attached hydrogens (tertiary/aromatic N) is 2. The van der Waals surface area contributed by atoms with Crippen LogP contribution in [-0.2, 0) is 16.1 Å². The van der Waals surface area contributed by atoms with E-state index in [4.69, 9.17) is 0 Å². The second kappa shape index (κ2) is 9.22. The van der Waals surface area contributed by atoms with E-state index >= 15 is 0 Å². The minimum Gasteiger partial charge on any atom is -0.354 e. The van der Waals surface area contributed by atoms with E-state index in [1.165, 1.54) is 4.90 Å². The van der Waals surface area contributed by atoms with E-state index in [9.17, 15) is 14.4 Å². The summed E-state index contributed by atoms with van der Waals surface area (Å²) in [4.78, 5) is 42.4. The number of amides is 3. The minimum atomic E-state index is -0.662. The fourth-order valence-corrected chi connectivity index (χ4v) is 4.12. The zero-order valence-electron chi connectivity index (χ0n) is 18.4. The number of anilines is 1. The van der Waals surface area contributed by atoms with Gasteiger partial charge in [0.1, 0.15) is 12.6 Å². The molecular weight excluding hydrogens is 402 g/mol. The van der Waals surface area contributed by atoms with Crippen LogP contribution in [0.2, 0.25) is 0 Å². The van der Waals surface area contributed by atoms with Crippen molar-refractivity contribution in [3.05, 3.63) is 77.9 Å². The Labute approximate surface area is 187 Å². The molecule has 0 spiro atoms. The van der Waals surface area contributed by atoms with Crippen LogP contribution in [-0.4, -0.2) is 41.8 Å². The lowest BCUT2D eigenvalue weighted by Gasteiger charge is -2.30. The summed E-state index contributed by atoms with van der Waals surface area (Å²) in [7, 11) is 0. The van der Waals surface area contributed by atoms with E-state index in [1.807, 2.05) is 67.6 Å². The Bertz CT molecular complexity index is 1150. The van der Waals surface area contributed by atoms with E-state index in [-0.39, 0.29) is 24.3 Å². The first-order valence-corrected chi connectivity index (χ1v) is 11.0. The molecule has 0 radical (unpaired) electrons. The molecule has 6 nitrogen and oxygen atoms in total. The van der Waals surface area contributed by atoms with Crippen molar-refractivity contribution in [2.75, 3.05) is 18.0 Å². The van der Waals surface area contributed by atoms with Crippen LogP contribution in [0, 0.1) is 0 Å². The van der Waals surface area contributed by atoms with E-state index in [1.54, 1.807) is 17.9 Å². The Hall–Kier alpha value is -3.67. The number of nitrogens with one attached hydrogen (secondary N) is 1. The van der Waals surface area contributed by atoms with E-state index in [0.29, 0.717) is 18.7 Å². The summed E-state index contributed by atoms with van der Waals surface area (Å²) in [5.74, 6) is -0.659. The highest BCUT2D eigenvalue weighted by Crippen LogP contribution is 2.37. The van der Waals surface area contributed by atoms with Gasteiger partial charge in [-0.2, -0.15) is 0 Å². The molecule has 0 aliphatic carbocycles. The summed E-state index contributed by atoms with van der Waals surface area (Å²) in [6.07, 6.45) is 0.815. The third kappa shape index (κ3) is 4.08. The maximum atomic E-state index is 13.5. The fraction of sp³-hybridized carbons (Fsp3) is 0.269. The van der Waals surface area contributed by atoms with Gasteiger partial charge in [-0.05, 0) is 36.4 Å². The van der Waals surface area contributed by atoms with Crippen molar-refractivity contribution >= 4 is 34.2 Å². The molecule has 1 atom stereocenters. The van der Waals surface area contributed by atoms with Crippen molar-refractivity contribution in [1.82, 2.24) is 10.2 Å². The maximum absolute atomic E-state index is 13.5. The molecule has 0 fully saturated rings. The number of carbonyl (C=O) groups excluding carboxylic acids is 3. The average Bonchev–Trinajstić information content (AvgIpc) is 3.09. The molecule has 0 unspecified atom stereocenters. The van der Waals surface area contributed by atoms with Gasteiger partial charge in [0.2, 0.25) is 11.8 Å². The smallest absolute Gasteiger partial charge is 0.259 e. The highest BCUT2D eigenvalue weighted by atomic mass is 16.2. The Morgan fingerprint density at radius 1 is 1.00 bits per heavy atom. The molecule has 0 bridgehead atoms. The van der Waals surface area contributed by atoms with Crippen molar-refractivity contribution in [1.29, 1.82) is 0 Å². The molecule has 6 heteroatoms. The third-order valence-electron chi connectivity index (χ3n) is 5.85. The Balaban J connectivity index is 1.61. The average molecular weight is 430 g/mol. The van der Waals surface area contributed by atoms with Gasteiger partial charge in [0.05, 0.1) is 5.69 Å². The minimum absolute atomic E-state index is 0.120. The molecule has 0 saturated heterocycles. The van der Waals surface area contributed by atoms with Gasteiger partial charge in [0, 0.05) is 24.0 Å². The van der Waals surface area contributed by atoms with Crippen LogP contribution in [0.5, 0.6) is 0 Å². The van der Waals surface area contributed by atoms with Crippen molar-refractivity contribution in [3.63, 3.8) is 0 Å². The van der Waals surface area contributed by atoms with E-state index in [0.717, 1.165) is 28.4 Å². The predicted octanol–water partition coefficient (Wildman–Crippen LogP) is 3.74. The number of carbonyl (C=O) groups is 3. The first-order valence-electron chi connectivity index (χ1n) is 11.0. The van der Waals surface area contributed by atoms with Crippen LogP contribution < -0.4 is 10.2 Å². The molecule has 3 amide bonds. The lowest BCUT2D eigenvalue weighted by molar-refractivity contribution is -0.139. The van der Waals surface area contributed by atoms with Crippen LogP contribution in [0.1, 0.15) is 36.2 Å². The second-order valence-corrected chi connectivity index (χ2v) is 8.05. The molecule has 3 aromatic carbocycles. The van der Waals surface area contributed by atoms with Crippen LogP contribution in [0.3, 0.4) is 0 Å². The van der Waals surface area contributed by atoms with Crippen molar-refractivity contribution < 1.29 is 14.4 Å². The van der Waals surface area contributed by atoms with Crippen molar-refractivity contribution in [2.45, 2.75) is 32.9 Å². The lowest BCUT2D eigenvalue weighted by atomic mass is 10.1. The Kier molecular flexibility index (Phi) is 6.21. The Morgan fingerprint density at radius 3 is 2.44 bits per heavy atom. The van der Waals surface area contributed by atoms with Crippen LogP contribution >= 0.6 is 0 Å². The van der Waals surface area contributed by atoms with Crippen molar-refractivity contribution in [3.8, 4) is 0 Å². The molecule has 3 aromatic rings. The molecule has 1 aliphatic rings. The molecule has 0 aromatic heterocycles. The van der Waals surface area contributed by atoms with Crippen LogP contribution in [0.4, 0.5) is 5.69 Å². The van der Waals surface area contributed by atoms with Gasteiger partial charge in [-0.25, -0.2) is 0 Å². The highest BCUT2D eigenvalue weighted by molar-refractivity contribution is 6.26. The van der Waals surface area contributed by atoms with E-state index < -0.39 is 6.04 Å². The predicted molar refractivity (Wildman–Crippen MR) is 125 cm³/mol. The van der Waals surface area contributed by atoms with E-state index in [2.05, 4.69) is 5.32 Å². The molecule has 164 valence electrons. The maximum Gasteiger partial charge on any atom is 0.259 e. The van der Waals surface area contributed by atoms with Gasteiger partial charge in [0.15, 0.2) is 0 Å². The molecule has 1 N–H and O–H groups in total. The second-order valence-electron chi connectivity index (χ2n) is 8.05. The first-order chi connectivity index (χ1) is 15.5. The van der Waals surface area contributed by atoms with Gasteiger partial charge < -0.3 is 10.2 Å². The summed E-state index contributed by atoms with van der Waals surface area (Å²) in [6.45, 7) is 4.44. The fourth-order valence-electron chi connectivity index (χ4n) is 4.12. The largest absolute Gasteiger partial charge is 0.354 e. The number of hydrogen-bond acceptors (Lipinski definition) is 3. The summed E-state index contributed by atoms with van der Waals surface area (Å²) < 4.78 is 0. The molecular formula is C26H27N3O3. The highest BCUT2D eigenvalue weighted by Gasteiger charge is 2.34. The van der Waals surface area contributed by atoms with Gasteiger partial charge >= 0.3 is 0 Å². The number of rotatable bonds is 8. The SMILES string of the molecule is CCCNC(=O)[C@@H](C)N(Cc1ccccc1)C(=O)CN1C(=O)c2cccc3cccc1c23. The zero-order valence-corrected chi connectivity index (χ0v) is 18.4. The topological polar surface area (TPSA) is 69.7 Å². The molecule has 1 heterocycles. The van der Waals surface area contributed by atoms with Crippen LogP contribution in [0.15, 0.2) is 66.7 Å². The van der Waals surface area contributed by atoms with Crippen molar-refractivity contribution in [2.24, 2.45) is 0 Å². The molecule has 4 rings (SSSR count). The van der Waals surface area contributed by atoms with Gasteiger partial charge in [-0.1, -0.05) is 61.5 Å². The molecule has 32 heavy (non-hydrogen) atoms. The number of hydrogen-bond donors (Lipinski definition) is 1. The summed E-state index contributed by atoms with van der Waals surface area (Å²) in [5, 5.41) is 4.71. The van der Waals surface area contributed by atoms with Gasteiger partial charge in [-0.15, -0.1) is 0 Å². The Morgan fingerprint density at radius 2 is 1.72 bits per heavy atom. The van der Waals surface area contributed by atoms with Crippen LogP contribution in [0.25, 0.3) is 10.8 Å². The normalized spacial score (nSPS) is 13.3. The zero-order chi connectivity index (χ0) is 22.7. The monoisotopic (exact) mass is 429 g/mol. The molecule has 1 aliphatic heterocycles. The van der Waals surface area contributed by atoms with Gasteiger partial charge in [-0.3, -0.25) is 19.3 Å². The number of benzene rings is 3. The standard InChI is InChI=1S/C26H27N3O3/c1-3-15-27-25(31)18(2)28(16-19-9-5-4-6-10-19)23(30)17-29-22-14-8-12-20-11-7-13-21(24(20)22)26(29)32/h4-14,18H,3,15-17H2,1-2H3,(H,27,31)/t18-/m1/s1.